The number of urea groups is 1. The van der Waals surface area contributed by atoms with Crippen LogP contribution in [-0.2, 0) is 16.0 Å². The van der Waals surface area contributed by atoms with E-state index in [2.05, 4.69) is 5.32 Å². The molecule has 0 unspecified atom stereocenters. The monoisotopic (exact) mass is 316 g/mol. The molecule has 6 nitrogen and oxygen atoms in total. The summed E-state index contributed by atoms with van der Waals surface area (Å²) in [7, 11) is 0. The molecular formula is C17H20N2O4. The molecule has 1 aliphatic heterocycles. The van der Waals surface area contributed by atoms with Crippen molar-refractivity contribution in [2.75, 3.05) is 6.54 Å². The van der Waals surface area contributed by atoms with E-state index in [0.29, 0.717) is 18.6 Å². The van der Waals surface area contributed by atoms with E-state index in [1.807, 2.05) is 19.1 Å². The third-order valence-electron chi connectivity index (χ3n) is 4.55. The number of nitrogens with zero attached hydrogens (tertiary/aromatic N) is 1. The van der Waals surface area contributed by atoms with Crippen LogP contribution in [0.2, 0.25) is 0 Å². The molecule has 1 aromatic rings. The summed E-state index contributed by atoms with van der Waals surface area (Å²) in [6, 6.07) is 6.67. The van der Waals surface area contributed by atoms with Gasteiger partial charge in [0.25, 0.3) is 5.91 Å². The summed E-state index contributed by atoms with van der Waals surface area (Å²) >= 11 is 0. The van der Waals surface area contributed by atoms with Crippen molar-refractivity contribution in [3.05, 3.63) is 29.8 Å². The molecule has 6 heteroatoms. The topological polar surface area (TPSA) is 75.7 Å². The van der Waals surface area contributed by atoms with Crippen LogP contribution in [0.4, 0.5) is 4.79 Å². The molecule has 1 aromatic carbocycles. The Morgan fingerprint density at radius 2 is 1.87 bits per heavy atom. The molecule has 0 aromatic heterocycles. The van der Waals surface area contributed by atoms with E-state index in [1.165, 1.54) is 0 Å². The molecule has 2 aliphatic rings. The quantitative estimate of drug-likeness (QED) is 0.524. The Balaban J connectivity index is 1.63. The van der Waals surface area contributed by atoms with Crippen molar-refractivity contribution in [1.29, 1.82) is 0 Å². The second-order valence-corrected chi connectivity index (χ2v) is 6.08. The van der Waals surface area contributed by atoms with Crippen molar-refractivity contribution in [3.8, 4) is 5.75 Å². The number of hydrogen-bond donors (Lipinski definition) is 1. The fraction of sp³-hybridized carbons (Fsp3) is 0.471. The SMILES string of the molecule is CCc1ccc(OC(=O)CN2C(=O)NC3(CCCC3)C2=O)cc1. The average Bonchev–Trinajstić information content (AvgIpc) is 3.09. The number of aryl methyl sites for hydroxylation is 1. The van der Waals surface area contributed by atoms with Gasteiger partial charge in [-0.1, -0.05) is 31.9 Å². The van der Waals surface area contributed by atoms with Gasteiger partial charge >= 0.3 is 12.0 Å². The van der Waals surface area contributed by atoms with Crippen molar-refractivity contribution in [2.45, 2.75) is 44.6 Å². The van der Waals surface area contributed by atoms with E-state index < -0.39 is 17.5 Å². The zero-order chi connectivity index (χ0) is 16.4. The van der Waals surface area contributed by atoms with E-state index in [9.17, 15) is 14.4 Å². The minimum absolute atomic E-state index is 0.307. The standard InChI is InChI=1S/C17H20N2O4/c1-2-12-5-7-13(8-6-12)23-14(20)11-19-15(21)17(18-16(19)22)9-3-4-10-17/h5-8H,2-4,9-11H2,1H3,(H,18,22). The Morgan fingerprint density at radius 3 is 2.48 bits per heavy atom. The second kappa shape index (κ2) is 6.02. The highest BCUT2D eigenvalue weighted by Gasteiger charge is 2.52. The van der Waals surface area contributed by atoms with Crippen molar-refractivity contribution in [1.82, 2.24) is 10.2 Å². The number of rotatable bonds is 4. The van der Waals surface area contributed by atoms with Crippen LogP contribution in [0.3, 0.4) is 0 Å². The molecule has 0 bridgehead atoms. The number of nitrogens with one attached hydrogen (secondary N) is 1. The highest BCUT2D eigenvalue weighted by Crippen LogP contribution is 2.34. The summed E-state index contributed by atoms with van der Waals surface area (Å²) in [5.41, 5.74) is 0.349. The molecule has 1 N–H and O–H groups in total. The summed E-state index contributed by atoms with van der Waals surface area (Å²) < 4.78 is 5.21. The zero-order valence-corrected chi connectivity index (χ0v) is 13.1. The van der Waals surface area contributed by atoms with Gasteiger partial charge in [0.15, 0.2) is 0 Å². The van der Waals surface area contributed by atoms with Gasteiger partial charge in [-0.25, -0.2) is 9.59 Å². The van der Waals surface area contributed by atoms with Gasteiger partial charge in [-0.2, -0.15) is 0 Å². The largest absolute Gasteiger partial charge is 0.425 e. The molecule has 1 spiro atoms. The zero-order valence-electron chi connectivity index (χ0n) is 13.1. The first-order valence-corrected chi connectivity index (χ1v) is 7.98. The third-order valence-corrected chi connectivity index (χ3v) is 4.55. The van der Waals surface area contributed by atoms with Gasteiger partial charge in [-0.15, -0.1) is 0 Å². The smallest absolute Gasteiger partial charge is 0.331 e. The molecule has 122 valence electrons. The fourth-order valence-corrected chi connectivity index (χ4v) is 3.22. The lowest BCUT2D eigenvalue weighted by Gasteiger charge is -2.19. The predicted octanol–water partition coefficient (Wildman–Crippen LogP) is 2.02. The maximum Gasteiger partial charge on any atom is 0.331 e. The first-order chi connectivity index (χ1) is 11.0. The van der Waals surface area contributed by atoms with E-state index in [1.54, 1.807) is 12.1 Å². The molecule has 1 aliphatic carbocycles. The Bertz CT molecular complexity index is 632. The third kappa shape index (κ3) is 2.93. The Labute approximate surface area is 134 Å². The van der Waals surface area contributed by atoms with E-state index in [0.717, 1.165) is 29.7 Å². The molecule has 3 amide bonds. The first kappa shape index (κ1) is 15.5. The molecule has 23 heavy (non-hydrogen) atoms. The predicted molar refractivity (Wildman–Crippen MR) is 82.9 cm³/mol. The van der Waals surface area contributed by atoms with Crippen molar-refractivity contribution >= 4 is 17.9 Å². The van der Waals surface area contributed by atoms with Crippen molar-refractivity contribution in [2.24, 2.45) is 0 Å². The number of esters is 1. The molecular weight excluding hydrogens is 296 g/mol. The summed E-state index contributed by atoms with van der Waals surface area (Å²) in [4.78, 5) is 37.4. The van der Waals surface area contributed by atoms with Gasteiger partial charge in [-0.3, -0.25) is 9.69 Å². The number of carbonyl (C=O) groups is 3. The number of benzene rings is 1. The van der Waals surface area contributed by atoms with Gasteiger partial charge in [0.1, 0.15) is 17.8 Å². The number of carbonyl (C=O) groups excluding carboxylic acids is 3. The lowest BCUT2D eigenvalue weighted by Crippen LogP contribution is -2.44. The minimum Gasteiger partial charge on any atom is -0.425 e. The molecule has 0 radical (unpaired) electrons. The van der Waals surface area contributed by atoms with Crippen LogP contribution in [0.25, 0.3) is 0 Å². The van der Waals surface area contributed by atoms with Crippen LogP contribution in [0.5, 0.6) is 5.75 Å². The van der Waals surface area contributed by atoms with Gasteiger partial charge in [0, 0.05) is 0 Å². The lowest BCUT2D eigenvalue weighted by molar-refractivity contribution is -0.140. The van der Waals surface area contributed by atoms with Crippen molar-refractivity contribution < 1.29 is 19.1 Å². The second-order valence-electron chi connectivity index (χ2n) is 6.08. The van der Waals surface area contributed by atoms with Crippen LogP contribution in [0.1, 0.15) is 38.2 Å². The average molecular weight is 316 g/mol. The van der Waals surface area contributed by atoms with Crippen LogP contribution in [0, 0.1) is 0 Å². The molecule has 0 atom stereocenters. The first-order valence-electron chi connectivity index (χ1n) is 7.98. The summed E-state index contributed by atoms with van der Waals surface area (Å²) in [5.74, 6) is -0.513. The van der Waals surface area contributed by atoms with Gasteiger partial charge in [-0.05, 0) is 37.0 Å². The minimum atomic E-state index is -0.792. The Morgan fingerprint density at radius 1 is 1.22 bits per heavy atom. The number of amides is 3. The van der Waals surface area contributed by atoms with Gasteiger partial charge < -0.3 is 10.1 Å². The maximum absolute atomic E-state index is 12.4. The Hall–Kier alpha value is -2.37. The number of ether oxygens (including phenoxy) is 1. The number of imide groups is 1. The fourth-order valence-electron chi connectivity index (χ4n) is 3.22. The maximum atomic E-state index is 12.4. The van der Waals surface area contributed by atoms with Crippen LogP contribution in [0.15, 0.2) is 24.3 Å². The van der Waals surface area contributed by atoms with Crippen LogP contribution in [-0.4, -0.2) is 34.9 Å². The molecule has 2 fully saturated rings. The van der Waals surface area contributed by atoms with Gasteiger partial charge in [0.2, 0.25) is 0 Å². The van der Waals surface area contributed by atoms with Gasteiger partial charge in [0.05, 0.1) is 0 Å². The molecule has 3 rings (SSSR count). The highest BCUT2D eigenvalue weighted by molar-refractivity contribution is 6.08. The molecule has 1 heterocycles. The van der Waals surface area contributed by atoms with Crippen LogP contribution >= 0.6 is 0 Å². The van der Waals surface area contributed by atoms with Crippen molar-refractivity contribution in [3.63, 3.8) is 0 Å². The van der Waals surface area contributed by atoms with E-state index in [-0.39, 0.29) is 12.5 Å². The lowest BCUT2D eigenvalue weighted by atomic mass is 9.98. The summed E-state index contributed by atoms with van der Waals surface area (Å²) in [6.45, 7) is 1.68. The molecule has 1 saturated carbocycles. The van der Waals surface area contributed by atoms with Crippen LogP contribution < -0.4 is 10.1 Å². The normalized spacial score (nSPS) is 19.3. The Kier molecular flexibility index (Phi) is 4.07. The van der Waals surface area contributed by atoms with E-state index >= 15 is 0 Å². The highest BCUT2D eigenvalue weighted by atomic mass is 16.5. The molecule has 1 saturated heterocycles. The van der Waals surface area contributed by atoms with E-state index in [4.69, 9.17) is 4.74 Å². The number of hydrogen-bond acceptors (Lipinski definition) is 4. The summed E-state index contributed by atoms with van der Waals surface area (Å²) in [5, 5.41) is 2.74. The summed E-state index contributed by atoms with van der Waals surface area (Å²) in [6.07, 6.45) is 4.00.